The van der Waals surface area contributed by atoms with Gasteiger partial charge in [0.2, 0.25) is 0 Å². The molecule has 86 valence electrons. The minimum Gasteiger partial charge on any atom is -0.399 e. The zero-order valence-electron chi connectivity index (χ0n) is 8.70. The van der Waals surface area contributed by atoms with Crippen molar-refractivity contribution >= 4 is 17.3 Å². The summed E-state index contributed by atoms with van der Waals surface area (Å²) < 4.78 is 18.6. The summed E-state index contributed by atoms with van der Waals surface area (Å²) in [6.07, 6.45) is 1.09. The van der Waals surface area contributed by atoms with Crippen LogP contribution < -0.4 is 11.1 Å². The zero-order chi connectivity index (χ0) is 11.5. The molecule has 1 atom stereocenters. The van der Waals surface area contributed by atoms with Gasteiger partial charge in [0.05, 0.1) is 5.69 Å². The second-order valence-corrected chi connectivity index (χ2v) is 3.73. The summed E-state index contributed by atoms with van der Waals surface area (Å²) in [5.41, 5.74) is 5.86. The van der Waals surface area contributed by atoms with Crippen LogP contribution in [0.15, 0.2) is 18.2 Å². The van der Waals surface area contributed by atoms with E-state index in [2.05, 4.69) is 5.32 Å². The van der Waals surface area contributed by atoms with Gasteiger partial charge in [-0.3, -0.25) is 4.79 Å². The van der Waals surface area contributed by atoms with E-state index >= 15 is 0 Å². The molecule has 3 N–H and O–H groups in total. The molecular formula is C11H13FN2O2. The lowest BCUT2D eigenvalue weighted by molar-refractivity contribution is -0.124. The number of hydrogen-bond donors (Lipinski definition) is 2. The van der Waals surface area contributed by atoms with Crippen molar-refractivity contribution in [1.29, 1.82) is 0 Å². The Labute approximate surface area is 92.6 Å². The van der Waals surface area contributed by atoms with Crippen LogP contribution in [0.4, 0.5) is 15.8 Å². The normalized spacial score (nSPS) is 19.7. The summed E-state index contributed by atoms with van der Waals surface area (Å²) in [6.45, 7) is 0.586. The molecule has 16 heavy (non-hydrogen) atoms. The van der Waals surface area contributed by atoms with E-state index in [9.17, 15) is 9.18 Å². The first kappa shape index (κ1) is 10.9. The number of carbonyl (C=O) groups excluding carboxylic acids is 1. The van der Waals surface area contributed by atoms with E-state index in [1.807, 2.05) is 0 Å². The van der Waals surface area contributed by atoms with E-state index in [0.717, 1.165) is 6.42 Å². The van der Waals surface area contributed by atoms with Gasteiger partial charge in [-0.1, -0.05) is 0 Å². The van der Waals surface area contributed by atoms with Crippen LogP contribution in [0.3, 0.4) is 0 Å². The highest BCUT2D eigenvalue weighted by Crippen LogP contribution is 2.19. The van der Waals surface area contributed by atoms with Gasteiger partial charge >= 0.3 is 0 Å². The van der Waals surface area contributed by atoms with E-state index in [0.29, 0.717) is 18.7 Å². The first-order chi connectivity index (χ1) is 7.66. The van der Waals surface area contributed by atoms with Crippen molar-refractivity contribution in [3.8, 4) is 0 Å². The van der Waals surface area contributed by atoms with Crippen LogP contribution in [0.1, 0.15) is 12.8 Å². The first-order valence-corrected chi connectivity index (χ1v) is 5.14. The second-order valence-electron chi connectivity index (χ2n) is 3.73. The van der Waals surface area contributed by atoms with Gasteiger partial charge in [0.1, 0.15) is 11.9 Å². The largest absolute Gasteiger partial charge is 0.399 e. The van der Waals surface area contributed by atoms with E-state index in [-0.39, 0.29) is 11.6 Å². The van der Waals surface area contributed by atoms with Crippen LogP contribution in [0, 0.1) is 5.82 Å². The van der Waals surface area contributed by atoms with Crippen molar-refractivity contribution in [2.45, 2.75) is 18.9 Å². The van der Waals surface area contributed by atoms with E-state index in [1.165, 1.54) is 18.2 Å². The smallest absolute Gasteiger partial charge is 0.253 e. The molecule has 1 aromatic carbocycles. The van der Waals surface area contributed by atoms with Gasteiger partial charge in [0, 0.05) is 12.3 Å². The third kappa shape index (κ3) is 2.30. The van der Waals surface area contributed by atoms with Crippen LogP contribution in [-0.4, -0.2) is 18.6 Å². The van der Waals surface area contributed by atoms with Crippen LogP contribution in [-0.2, 0) is 9.53 Å². The van der Waals surface area contributed by atoms with Gasteiger partial charge in [0.25, 0.3) is 5.91 Å². The summed E-state index contributed by atoms with van der Waals surface area (Å²) in [5.74, 6) is -0.840. The lowest BCUT2D eigenvalue weighted by Gasteiger charge is -2.11. The van der Waals surface area contributed by atoms with Crippen molar-refractivity contribution in [2.24, 2.45) is 0 Å². The highest BCUT2D eigenvalue weighted by atomic mass is 19.1. The number of nitrogens with two attached hydrogens (primary N) is 1. The Morgan fingerprint density at radius 3 is 3.00 bits per heavy atom. The number of benzene rings is 1. The van der Waals surface area contributed by atoms with Crippen molar-refractivity contribution in [1.82, 2.24) is 0 Å². The van der Waals surface area contributed by atoms with Gasteiger partial charge in [-0.2, -0.15) is 0 Å². The summed E-state index contributed by atoms with van der Waals surface area (Å²) in [7, 11) is 0. The molecule has 0 aliphatic carbocycles. The van der Waals surface area contributed by atoms with Gasteiger partial charge in [-0.05, 0) is 31.0 Å². The molecule has 2 rings (SSSR count). The maximum Gasteiger partial charge on any atom is 0.253 e. The van der Waals surface area contributed by atoms with Gasteiger partial charge in [-0.15, -0.1) is 0 Å². The number of hydrogen-bond acceptors (Lipinski definition) is 3. The van der Waals surface area contributed by atoms with Crippen LogP contribution in [0.5, 0.6) is 0 Å². The Balaban J connectivity index is 2.05. The number of ether oxygens (including phenoxy) is 1. The molecule has 0 aromatic heterocycles. The van der Waals surface area contributed by atoms with Crippen molar-refractivity contribution in [3.05, 3.63) is 24.0 Å². The number of rotatable bonds is 2. The maximum atomic E-state index is 13.4. The maximum absolute atomic E-state index is 13.4. The number of amides is 1. The molecule has 1 aliphatic rings. The van der Waals surface area contributed by atoms with Crippen molar-refractivity contribution < 1.29 is 13.9 Å². The quantitative estimate of drug-likeness (QED) is 0.749. The number of halogens is 1. The first-order valence-electron chi connectivity index (χ1n) is 5.14. The lowest BCUT2D eigenvalue weighted by atomic mass is 10.2. The molecule has 1 heterocycles. The molecular weight excluding hydrogens is 211 g/mol. The Kier molecular flexibility index (Phi) is 3.05. The van der Waals surface area contributed by atoms with Gasteiger partial charge in [0.15, 0.2) is 0 Å². The minimum atomic E-state index is -0.536. The van der Waals surface area contributed by atoms with Gasteiger partial charge < -0.3 is 15.8 Å². The standard InChI is InChI=1S/C11H13FN2O2/c12-8-6-7(13)3-4-9(8)14-11(15)10-2-1-5-16-10/h3-4,6,10H,1-2,5,13H2,(H,14,15). The molecule has 5 heteroatoms. The van der Waals surface area contributed by atoms with Crippen molar-refractivity contribution in [2.75, 3.05) is 17.7 Å². The third-order valence-electron chi connectivity index (χ3n) is 2.47. The van der Waals surface area contributed by atoms with Crippen LogP contribution in [0.2, 0.25) is 0 Å². The van der Waals surface area contributed by atoms with E-state index in [1.54, 1.807) is 0 Å². The zero-order valence-corrected chi connectivity index (χ0v) is 8.70. The molecule has 1 aliphatic heterocycles. The number of carbonyl (C=O) groups is 1. The topological polar surface area (TPSA) is 64.3 Å². The SMILES string of the molecule is Nc1ccc(NC(=O)C2CCCO2)c(F)c1. The summed E-state index contributed by atoms with van der Waals surface area (Å²) >= 11 is 0. The predicted molar refractivity (Wildman–Crippen MR) is 58.4 cm³/mol. The summed E-state index contributed by atoms with van der Waals surface area (Å²) in [4.78, 5) is 11.6. The highest BCUT2D eigenvalue weighted by Gasteiger charge is 2.24. The Hall–Kier alpha value is -1.62. The summed E-state index contributed by atoms with van der Waals surface area (Å²) in [5, 5.41) is 2.48. The molecule has 1 saturated heterocycles. The second kappa shape index (κ2) is 4.49. The van der Waals surface area contributed by atoms with Gasteiger partial charge in [-0.25, -0.2) is 4.39 Å². The Morgan fingerprint density at radius 2 is 2.38 bits per heavy atom. The Bertz CT molecular complexity index is 403. The molecule has 0 bridgehead atoms. The molecule has 0 radical (unpaired) electrons. The van der Waals surface area contributed by atoms with Crippen LogP contribution in [0.25, 0.3) is 0 Å². The summed E-state index contributed by atoms with van der Waals surface area (Å²) in [6, 6.07) is 4.15. The molecule has 0 saturated carbocycles. The average Bonchev–Trinajstić information content (AvgIpc) is 2.75. The molecule has 4 nitrogen and oxygen atoms in total. The fourth-order valence-corrected chi connectivity index (χ4v) is 1.63. The average molecular weight is 224 g/mol. The van der Waals surface area contributed by atoms with E-state index in [4.69, 9.17) is 10.5 Å². The molecule has 1 amide bonds. The molecule has 1 aromatic rings. The minimum absolute atomic E-state index is 0.134. The molecule has 1 fully saturated rings. The Morgan fingerprint density at radius 1 is 1.56 bits per heavy atom. The molecule has 0 spiro atoms. The monoisotopic (exact) mass is 224 g/mol. The fraction of sp³-hybridized carbons (Fsp3) is 0.364. The number of nitrogens with one attached hydrogen (secondary N) is 1. The van der Waals surface area contributed by atoms with Crippen molar-refractivity contribution in [3.63, 3.8) is 0 Å². The lowest BCUT2D eigenvalue weighted by Crippen LogP contribution is -2.27. The predicted octanol–water partition coefficient (Wildman–Crippen LogP) is 1.53. The third-order valence-corrected chi connectivity index (χ3v) is 2.47. The fourth-order valence-electron chi connectivity index (χ4n) is 1.63. The molecule has 1 unspecified atom stereocenters. The number of nitrogen functional groups attached to an aromatic ring is 1. The number of anilines is 2. The highest BCUT2D eigenvalue weighted by molar-refractivity contribution is 5.94. The van der Waals surface area contributed by atoms with E-state index < -0.39 is 11.9 Å². The van der Waals surface area contributed by atoms with Crippen LogP contribution >= 0.6 is 0 Å².